The molecule has 1 aromatic rings. The number of benzene rings is 1. The summed E-state index contributed by atoms with van der Waals surface area (Å²) >= 11 is 0. The largest absolute Gasteiger partial charge is 0.393 e. The molecule has 1 atom stereocenters. The number of hydrogen-bond acceptors (Lipinski definition) is 1. The van der Waals surface area contributed by atoms with Crippen molar-refractivity contribution in [3.63, 3.8) is 0 Å². The maximum absolute atomic E-state index is 13.0. The molecule has 0 amide bonds. The smallest absolute Gasteiger partial charge is 0.126 e. The van der Waals surface area contributed by atoms with Crippen molar-refractivity contribution in [2.45, 2.75) is 25.9 Å². The van der Waals surface area contributed by atoms with Gasteiger partial charge in [-0.05, 0) is 43.5 Å². The van der Waals surface area contributed by atoms with Crippen LogP contribution in [-0.4, -0.2) is 11.2 Å². The molecule has 13 heavy (non-hydrogen) atoms. The van der Waals surface area contributed by atoms with E-state index >= 15 is 0 Å². The van der Waals surface area contributed by atoms with Gasteiger partial charge in [0.15, 0.2) is 0 Å². The predicted molar refractivity (Wildman–Crippen MR) is 46.4 cm³/mol. The normalized spacial score (nSPS) is 12.9. The van der Waals surface area contributed by atoms with Gasteiger partial charge in [-0.15, -0.1) is 0 Å². The summed E-state index contributed by atoms with van der Waals surface area (Å²) in [5.41, 5.74) is 0.320. The van der Waals surface area contributed by atoms with E-state index in [1.165, 1.54) is 0 Å². The van der Waals surface area contributed by atoms with Gasteiger partial charge in [-0.3, -0.25) is 0 Å². The Morgan fingerprint density at radius 1 is 1.38 bits per heavy atom. The zero-order valence-corrected chi connectivity index (χ0v) is 7.43. The van der Waals surface area contributed by atoms with Gasteiger partial charge in [-0.1, -0.05) is 0 Å². The van der Waals surface area contributed by atoms with Gasteiger partial charge in [0.05, 0.1) is 6.10 Å². The number of aliphatic hydroxyl groups is 1. The van der Waals surface area contributed by atoms with Crippen LogP contribution in [0.25, 0.3) is 0 Å². The maximum atomic E-state index is 13.0. The van der Waals surface area contributed by atoms with Crippen molar-refractivity contribution < 1.29 is 13.9 Å². The summed E-state index contributed by atoms with van der Waals surface area (Å²) in [7, 11) is 0. The van der Waals surface area contributed by atoms with Gasteiger partial charge in [0, 0.05) is 0 Å². The fourth-order valence-corrected chi connectivity index (χ4v) is 1.10. The molecule has 0 aliphatic carbocycles. The van der Waals surface area contributed by atoms with Crippen LogP contribution < -0.4 is 0 Å². The molecule has 1 N–H and O–H groups in total. The van der Waals surface area contributed by atoms with Gasteiger partial charge >= 0.3 is 0 Å². The molecule has 0 fully saturated rings. The van der Waals surface area contributed by atoms with Crippen molar-refractivity contribution in [2.75, 3.05) is 0 Å². The third-order valence-electron chi connectivity index (χ3n) is 1.84. The van der Waals surface area contributed by atoms with Gasteiger partial charge < -0.3 is 5.11 Å². The van der Waals surface area contributed by atoms with Crippen molar-refractivity contribution in [3.05, 3.63) is 35.4 Å². The Labute approximate surface area is 76.0 Å². The SMILES string of the molecule is CC(O)CCc1cc(F)ccc1F. The topological polar surface area (TPSA) is 20.2 Å². The van der Waals surface area contributed by atoms with E-state index < -0.39 is 17.7 Å². The summed E-state index contributed by atoms with van der Waals surface area (Å²) in [6.45, 7) is 1.62. The summed E-state index contributed by atoms with van der Waals surface area (Å²) < 4.78 is 25.6. The molecule has 1 aromatic carbocycles. The Morgan fingerprint density at radius 2 is 2.08 bits per heavy atom. The van der Waals surface area contributed by atoms with E-state index in [1.807, 2.05) is 0 Å². The number of rotatable bonds is 3. The molecule has 0 heterocycles. The third-order valence-corrected chi connectivity index (χ3v) is 1.84. The second-order valence-electron chi connectivity index (χ2n) is 3.12. The molecular formula is C10H12F2O. The lowest BCUT2D eigenvalue weighted by Gasteiger charge is -2.05. The van der Waals surface area contributed by atoms with Crippen molar-refractivity contribution in [1.82, 2.24) is 0 Å². The average molecular weight is 186 g/mol. The molecule has 1 rings (SSSR count). The van der Waals surface area contributed by atoms with Gasteiger partial charge in [-0.25, -0.2) is 8.78 Å². The third kappa shape index (κ3) is 3.11. The second-order valence-corrected chi connectivity index (χ2v) is 3.12. The molecular weight excluding hydrogens is 174 g/mol. The van der Waals surface area contributed by atoms with Crippen LogP contribution in [0.4, 0.5) is 8.78 Å². The van der Waals surface area contributed by atoms with Crippen LogP contribution >= 0.6 is 0 Å². The molecule has 0 aliphatic rings. The van der Waals surface area contributed by atoms with Gasteiger partial charge in [0.25, 0.3) is 0 Å². The average Bonchev–Trinajstić information content (AvgIpc) is 2.06. The van der Waals surface area contributed by atoms with Crippen LogP contribution in [-0.2, 0) is 6.42 Å². The zero-order valence-electron chi connectivity index (χ0n) is 7.43. The highest BCUT2D eigenvalue weighted by Gasteiger charge is 2.04. The number of aryl methyl sites for hydroxylation is 1. The zero-order chi connectivity index (χ0) is 9.84. The minimum absolute atomic E-state index is 0.320. The van der Waals surface area contributed by atoms with Crippen LogP contribution in [0.2, 0.25) is 0 Å². The standard InChI is InChI=1S/C10H12F2O/c1-7(13)2-3-8-6-9(11)4-5-10(8)12/h4-7,13H,2-3H2,1H3. The summed E-state index contributed by atoms with van der Waals surface area (Å²) in [5.74, 6) is -0.857. The minimum atomic E-state index is -0.484. The molecule has 0 aromatic heterocycles. The lowest BCUT2D eigenvalue weighted by molar-refractivity contribution is 0.184. The van der Waals surface area contributed by atoms with E-state index in [1.54, 1.807) is 6.92 Å². The number of hydrogen-bond donors (Lipinski definition) is 1. The first-order valence-electron chi connectivity index (χ1n) is 4.21. The Morgan fingerprint density at radius 3 is 2.69 bits per heavy atom. The second kappa shape index (κ2) is 4.33. The predicted octanol–water partition coefficient (Wildman–Crippen LogP) is 2.28. The van der Waals surface area contributed by atoms with E-state index in [-0.39, 0.29) is 0 Å². The Balaban J connectivity index is 2.70. The van der Waals surface area contributed by atoms with Gasteiger partial charge in [0.1, 0.15) is 11.6 Å². The first-order valence-corrected chi connectivity index (χ1v) is 4.21. The number of halogens is 2. The lowest BCUT2D eigenvalue weighted by atomic mass is 10.1. The quantitative estimate of drug-likeness (QED) is 0.767. The molecule has 0 saturated heterocycles. The maximum Gasteiger partial charge on any atom is 0.126 e. The monoisotopic (exact) mass is 186 g/mol. The molecule has 3 heteroatoms. The highest BCUT2D eigenvalue weighted by atomic mass is 19.1. The minimum Gasteiger partial charge on any atom is -0.393 e. The van der Waals surface area contributed by atoms with Crippen LogP contribution in [0.1, 0.15) is 18.9 Å². The molecule has 72 valence electrons. The molecule has 0 saturated carbocycles. The highest BCUT2D eigenvalue weighted by Crippen LogP contribution is 2.12. The van der Waals surface area contributed by atoms with Crippen molar-refractivity contribution in [2.24, 2.45) is 0 Å². The van der Waals surface area contributed by atoms with Crippen molar-refractivity contribution >= 4 is 0 Å². The van der Waals surface area contributed by atoms with Crippen LogP contribution in [0.5, 0.6) is 0 Å². The molecule has 1 nitrogen and oxygen atoms in total. The summed E-state index contributed by atoms with van der Waals surface area (Å²) in [6.07, 6.45) is 0.324. The molecule has 0 radical (unpaired) electrons. The van der Waals surface area contributed by atoms with E-state index in [0.29, 0.717) is 18.4 Å². The summed E-state index contributed by atoms with van der Waals surface area (Å²) in [4.78, 5) is 0. The molecule has 1 unspecified atom stereocenters. The van der Waals surface area contributed by atoms with Crippen LogP contribution in [0.3, 0.4) is 0 Å². The first kappa shape index (κ1) is 10.1. The van der Waals surface area contributed by atoms with Crippen LogP contribution in [0.15, 0.2) is 18.2 Å². The summed E-state index contributed by atoms with van der Waals surface area (Å²) in [5, 5.41) is 8.96. The fourth-order valence-electron chi connectivity index (χ4n) is 1.10. The van der Waals surface area contributed by atoms with Gasteiger partial charge in [-0.2, -0.15) is 0 Å². The first-order chi connectivity index (χ1) is 6.09. The molecule has 0 aliphatic heterocycles. The van der Waals surface area contributed by atoms with Crippen LogP contribution in [0, 0.1) is 11.6 Å². The van der Waals surface area contributed by atoms with Gasteiger partial charge in [0.2, 0.25) is 0 Å². The van der Waals surface area contributed by atoms with E-state index in [2.05, 4.69) is 0 Å². The van der Waals surface area contributed by atoms with E-state index in [0.717, 1.165) is 18.2 Å². The van der Waals surface area contributed by atoms with Crippen molar-refractivity contribution in [1.29, 1.82) is 0 Å². The van der Waals surface area contributed by atoms with Crippen molar-refractivity contribution in [3.8, 4) is 0 Å². The van der Waals surface area contributed by atoms with E-state index in [4.69, 9.17) is 5.11 Å². The lowest BCUT2D eigenvalue weighted by Crippen LogP contribution is -2.02. The molecule has 0 bridgehead atoms. The van der Waals surface area contributed by atoms with E-state index in [9.17, 15) is 8.78 Å². The highest BCUT2D eigenvalue weighted by molar-refractivity contribution is 5.18. The molecule has 0 spiro atoms. The Hall–Kier alpha value is -0.960. The Kier molecular flexibility index (Phi) is 3.37. The summed E-state index contributed by atoms with van der Waals surface area (Å²) in [6, 6.07) is 3.35. The Bertz CT molecular complexity index is 284. The number of aliphatic hydroxyl groups excluding tert-OH is 1. The fraction of sp³-hybridized carbons (Fsp3) is 0.400.